The summed E-state index contributed by atoms with van der Waals surface area (Å²) < 4.78 is 5.17. The van der Waals surface area contributed by atoms with Crippen LogP contribution in [-0.2, 0) is 22.4 Å². The molecule has 6 nitrogen and oxygen atoms in total. The van der Waals surface area contributed by atoms with Crippen molar-refractivity contribution in [3.8, 4) is 0 Å². The zero-order valence-corrected chi connectivity index (χ0v) is 12.2. The Morgan fingerprint density at radius 2 is 2.10 bits per heavy atom. The summed E-state index contributed by atoms with van der Waals surface area (Å²) in [5.41, 5.74) is 2.15. The highest BCUT2D eigenvalue weighted by Crippen LogP contribution is 2.25. The van der Waals surface area contributed by atoms with Gasteiger partial charge in [0.05, 0.1) is 5.69 Å². The number of fused-ring (bicyclic) bond motifs is 1. The normalized spacial score (nSPS) is 16.1. The minimum absolute atomic E-state index is 0.595. The van der Waals surface area contributed by atoms with Crippen LogP contribution in [-0.4, -0.2) is 28.2 Å². The Balaban J connectivity index is 2.11. The average Bonchev–Trinajstić information content (AvgIpc) is 2.77. The van der Waals surface area contributed by atoms with Gasteiger partial charge in [-0.1, -0.05) is 0 Å². The molecule has 0 saturated carbocycles. The first kappa shape index (κ1) is 14.6. The van der Waals surface area contributed by atoms with Gasteiger partial charge in [-0.15, -0.1) is 0 Å². The third kappa shape index (κ3) is 3.37. The molecule has 1 aromatic rings. The molecule has 1 amide bonds. The van der Waals surface area contributed by atoms with E-state index in [1.54, 1.807) is 20.8 Å². The Hall–Kier alpha value is -1.85. The van der Waals surface area contributed by atoms with Crippen LogP contribution in [0.15, 0.2) is 0 Å². The summed E-state index contributed by atoms with van der Waals surface area (Å²) in [6.07, 6.45) is 4.12. The van der Waals surface area contributed by atoms with Crippen LogP contribution in [0.5, 0.6) is 0 Å². The van der Waals surface area contributed by atoms with Crippen molar-refractivity contribution >= 4 is 12.4 Å². The Morgan fingerprint density at radius 1 is 1.40 bits per heavy atom. The maximum Gasteiger partial charge on any atom is 0.408 e. The number of carbonyl (C=O) groups excluding carboxylic acids is 2. The number of nitrogens with zero attached hydrogens (tertiary/aromatic N) is 1. The lowest BCUT2D eigenvalue weighted by atomic mass is 9.94. The minimum atomic E-state index is -0.761. The first-order chi connectivity index (χ1) is 9.40. The molecule has 1 aliphatic rings. The maximum absolute atomic E-state index is 11.8. The largest absolute Gasteiger partial charge is 0.444 e. The smallest absolute Gasteiger partial charge is 0.408 e. The van der Waals surface area contributed by atoms with E-state index in [9.17, 15) is 9.59 Å². The predicted octanol–water partition coefficient (Wildman–Crippen LogP) is 2.05. The summed E-state index contributed by atoms with van der Waals surface area (Å²) in [5, 5.41) is 9.72. The van der Waals surface area contributed by atoms with E-state index < -0.39 is 17.7 Å². The molecule has 0 fully saturated rings. The molecular formula is C14H21N3O3. The number of aromatic nitrogens is 2. The highest BCUT2D eigenvalue weighted by Gasteiger charge is 2.26. The van der Waals surface area contributed by atoms with Gasteiger partial charge in [0.15, 0.2) is 0 Å². The van der Waals surface area contributed by atoms with Crippen molar-refractivity contribution < 1.29 is 14.3 Å². The van der Waals surface area contributed by atoms with Crippen LogP contribution >= 0.6 is 0 Å². The zero-order chi connectivity index (χ0) is 14.8. The predicted molar refractivity (Wildman–Crippen MR) is 73.4 cm³/mol. The summed E-state index contributed by atoms with van der Waals surface area (Å²) in [6, 6.07) is -0.761. The van der Waals surface area contributed by atoms with Crippen LogP contribution in [0.25, 0.3) is 0 Å². The molecule has 0 saturated heterocycles. The van der Waals surface area contributed by atoms with E-state index in [1.165, 1.54) is 0 Å². The molecule has 1 aromatic heterocycles. The van der Waals surface area contributed by atoms with Crippen LogP contribution < -0.4 is 5.32 Å². The highest BCUT2D eigenvalue weighted by atomic mass is 16.6. The number of ether oxygens (including phenoxy) is 1. The topological polar surface area (TPSA) is 84.1 Å². The number of H-pyrrole nitrogens is 1. The van der Waals surface area contributed by atoms with Crippen LogP contribution in [0.3, 0.4) is 0 Å². The van der Waals surface area contributed by atoms with Gasteiger partial charge in [0, 0.05) is 5.69 Å². The second-order valence-electron chi connectivity index (χ2n) is 6.03. The van der Waals surface area contributed by atoms with Crippen molar-refractivity contribution in [1.82, 2.24) is 15.5 Å². The molecule has 1 aliphatic carbocycles. The summed E-state index contributed by atoms with van der Waals surface area (Å²) in [5.74, 6) is 0. The van der Waals surface area contributed by atoms with Gasteiger partial charge in [0.25, 0.3) is 0 Å². The number of carbonyl (C=O) groups is 2. The van der Waals surface area contributed by atoms with Gasteiger partial charge in [-0.2, -0.15) is 5.10 Å². The Morgan fingerprint density at radius 3 is 2.75 bits per heavy atom. The molecule has 0 radical (unpaired) electrons. The fourth-order valence-corrected chi connectivity index (χ4v) is 2.37. The van der Waals surface area contributed by atoms with Gasteiger partial charge in [-0.25, -0.2) is 4.79 Å². The van der Waals surface area contributed by atoms with E-state index in [4.69, 9.17) is 4.74 Å². The van der Waals surface area contributed by atoms with Crippen molar-refractivity contribution in [2.45, 2.75) is 58.1 Å². The number of rotatable bonds is 3. The van der Waals surface area contributed by atoms with Gasteiger partial charge in [0.2, 0.25) is 0 Å². The van der Waals surface area contributed by atoms with E-state index in [0.29, 0.717) is 12.0 Å². The molecule has 0 spiro atoms. The van der Waals surface area contributed by atoms with E-state index in [0.717, 1.165) is 36.9 Å². The van der Waals surface area contributed by atoms with E-state index >= 15 is 0 Å². The lowest BCUT2D eigenvalue weighted by molar-refractivity contribution is -0.109. The average molecular weight is 279 g/mol. The lowest BCUT2D eigenvalue weighted by Gasteiger charge is -2.21. The molecule has 20 heavy (non-hydrogen) atoms. The van der Waals surface area contributed by atoms with Crippen molar-refractivity contribution in [2.75, 3.05) is 0 Å². The molecule has 2 N–H and O–H groups in total. The van der Waals surface area contributed by atoms with Gasteiger partial charge in [-0.3, -0.25) is 5.10 Å². The van der Waals surface area contributed by atoms with Crippen molar-refractivity contribution in [1.29, 1.82) is 0 Å². The summed E-state index contributed by atoms with van der Waals surface area (Å²) in [7, 11) is 0. The lowest BCUT2D eigenvalue weighted by Crippen LogP contribution is -2.36. The van der Waals surface area contributed by atoms with Gasteiger partial charge in [-0.05, 0) is 52.0 Å². The van der Waals surface area contributed by atoms with Crippen molar-refractivity contribution in [2.24, 2.45) is 0 Å². The Kier molecular flexibility index (Phi) is 4.11. The molecular weight excluding hydrogens is 258 g/mol. The molecule has 0 bridgehead atoms. The molecule has 1 heterocycles. The minimum Gasteiger partial charge on any atom is -0.444 e. The number of aldehydes is 1. The van der Waals surface area contributed by atoms with Crippen LogP contribution in [0.4, 0.5) is 4.79 Å². The van der Waals surface area contributed by atoms with Crippen LogP contribution in [0.2, 0.25) is 0 Å². The highest BCUT2D eigenvalue weighted by molar-refractivity contribution is 5.74. The molecule has 110 valence electrons. The fourth-order valence-electron chi connectivity index (χ4n) is 2.37. The SMILES string of the molecule is CC(C)(C)OC(=O)NC(C=O)c1n[nH]c2c1CCCC2. The monoisotopic (exact) mass is 279 g/mol. The molecule has 2 rings (SSSR count). The second kappa shape index (κ2) is 5.64. The van der Waals surface area contributed by atoms with E-state index in [2.05, 4.69) is 15.5 Å². The molecule has 6 heteroatoms. The van der Waals surface area contributed by atoms with Crippen molar-refractivity contribution in [3.63, 3.8) is 0 Å². The maximum atomic E-state index is 11.8. The summed E-state index contributed by atoms with van der Waals surface area (Å²) in [4.78, 5) is 23.0. The fraction of sp³-hybridized carbons (Fsp3) is 0.643. The van der Waals surface area contributed by atoms with Gasteiger partial charge >= 0.3 is 6.09 Å². The van der Waals surface area contributed by atoms with Gasteiger partial charge < -0.3 is 14.8 Å². The first-order valence-corrected chi connectivity index (χ1v) is 6.91. The quantitative estimate of drug-likeness (QED) is 0.829. The second-order valence-corrected chi connectivity index (χ2v) is 6.03. The number of hydrogen-bond acceptors (Lipinski definition) is 4. The number of aromatic amines is 1. The Bertz CT molecular complexity index is 502. The summed E-state index contributed by atoms with van der Waals surface area (Å²) in [6.45, 7) is 5.33. The Labute approximate surface area is 118 Å². The number of aryl methyl sites for hydroxylation is 1. The zero-order valence-electron chi connectivity index (χ0n) is 12.2. The number of nitrogens with one attached hydrogen (secondary N) is 2. The van der Waals surface area contributed by atoms with E-state index in [1.807, 2.05) is 0 Å². The standard InChI is InChI=1S/C14H21N3O3/c1-14(2,3)20-13(19)15-11(8-18)12-9-6-4-5-7-10(9)16-17-12/h8,11H,4-7H2,1-3H3,(H,15,19)(H,16,17). The molecule has 1 unspecified atom stereocenters. The van der Waals surface area contributed by atoms with Crippen LogP contribution in [0.1, 0.15) is 56.6 Å². The number of alkyl carbamates (subject to hydrolysis) is 1. The van der Waals surface area contributed by atoms with Crippen molar-refractivity contribution in [3.05, 3.63) is 17.0 Å². The third-order valence-electron chi connectivity index (χ3n) is 3.19. The third-order valence-corrected chi connectivity index (χ3v) is 3.19. The van der Waals surface area contributed by atoms with Crippen LogP contribution in [0, 0.1) is 0 Å². The summed E-state index contributed by atoms with van der Waals surface area (Å²) >= 11 is 0. The number of hydrogen-bond donors (Lipinski definition) is 2. The number of amides is 1. The molecule has 0 aliphatic heterocycles. The first-order valence-electron chi connectivity index (χ1n) is 6.91. The van der Waals surface area contributed by atoms with E-state index in [-0.39, 0.29) is 0 Å². The molecule has 0 aromatic carbocycles. The molecule has 1 atom stereocenters. The van der Waals surface area contributed by atoms with Gasteiger partial charge in [0.1, 0.15) is 17.9 Å².